The number of aliphatic hydroxyl groups is 2. The monoisotopic (exact) mass is 117 g/mol. The Bertz CT molecular complexity index is 79.1. The van der Waals surface area contributed by atoms with E-state index in [0.717, 1.165) is 25.7 Å². The second-order valence-corrected chi connectivity index (χ2v) is 2.43. The summed E-state index contributed by atoms with van der Waals surface area (Å²) >= 11 is 0. The molecule has 0 aliphatic heterocycles. The van der Waals surface area contributed by atoms with Gasteiger partial charge in [-0.1, -0.05) is 0 Å². The SMILES string of the molecule is [2H]OC1CCC(O)CC1. The Morgan fingerprint density at radius 3 is 2.12 bits per heavy atom. The van der Waals surface area contributed by atoms with Crippen molar-refractivity contribution in [2.45, 2.75) is 37.9 Å². The van der Waals surface area contributed by atoms with E-state index in [2.05, 4.69) is 5.11 Å². The van der Waals surface area contributed by atoms with Gasteiger partial charge in [-0.2, -0.15) is 0 Å². The van der Waals surface area contributed by atoms with Crippen LogP contribution >= 0.6 is 0 Å². The van der Waals surface area contributed by atoms with Gasteiger partial charge in [0.05, 0.1) is 12.2 Å². The van der Waals surface area contributed by atoms with E-state index < -0.39 is 0 Å². The van der Waals surface area contributed by atoms with Gasteiger partial charge in [-0.15, -0.1) is 0 Å². The molecule has 2 heteroatoms. The second-order valence-electron chi connectivity index (χ2n) is 2.43. The zero-order valence-corrected chi connectivity index (χ0v) is 4.84. The van der Waals surface area contributed by atoms with Crippen LogP contribution in [0.3, 0.4) is 0 Å². The van der Waals surface area contributed by atoms with Crippen LogP contribution in [0.4, 0.5) is 0 Å². The highest BCUT2D eigenvalue weighted by Gasteiger charge is 2.15. The zero-order valence-electron chi connectivity index (χ0n) is 5.84. The lowest BCUT2D eigenvalue weighted by Gasteiger charge is -2.20. The van der Waals surface area contributed by atoms with E-state index in [-0.39, 0.29) is 12.2 Å². The molecule has 1 aliphatic carbocycles. The van der Waals surface area contributed by atoms with Crippen LogP contribution < -0.4 is 0 Å². The van der Waals surface area contributed by atoms with Crippen molar-refractivity contribution in [2.75, 3.05) is 0 Å². The first kappa shape index (κ1) is 4.77. The topological polar surface area (TPSA) is 40.5 Å². The minimum atomic E-state index is -0.142. The highest BCUT2D eigenvalue weighted by molar-refractivity contribution is 4.69. The molecule has 1 fully saturated rings. The lowest BCUT2D eigenvalue weighted by atomic mass is 9.95. The molecule has 0 aromatic rings. The second kappa shape index (κ2) is 2.46. The number of hydrogen-bond donors (Lipinski definition) is 2. The molecule has 0 spiro atoms. The Morgan fingerprint density at radius 1 is 1.12 bits per heavy atom. The lowest BCUT2D eigenvalue weighted by molar-refractivity contribution is 0.0541. The van der Waals surface area contributed by atoms with Crippen molar-refractivity contribution in [3.63, 3.8) is 0 Å². The smallest absolute Gasteiger partial charge is 0.210 e. The summed E-state index contributed by atoms with van der Waals surface area (Å²) in [5, 5.41) is 13.4. The van der Waals surface area contributed by atoms with Crippen molar-refractivity contribution in [2.24, 2.45) is 0 Å². The summed E-state index contributed by atoms with van der Waals surface area (Å²) in [7, 11) is 0. The Morgan fingerprint density at radius 2 is 1.62 bits per heavy atom. The molecule has 1 aliphatic rings. The van der Waals surface area contributed by atoms with Gasteiger partial charge in [0.2, 0.25) is 1.43 Å². The normalized spacial score (nSPS) is 41.4. The third-order valence-corrected chi connectivity index (χ3v) is 1.64. The molecule has 2 nitrogen and oxygen atoms in total. The van der Waals surface area contributed by atoms with Gasteiger partial charge < -0.3 is 10.2 Å². The molecule has 0 radical (unpaired) electrons. The minimum Gasteiger partial charge on any atom is -0.393 e. The summed E-state index contributed by atoms with van der Waals surface area (Å²) in [4.78, 5) is 0. The van der Waals surface area contributed by atoms with Crippen LogP contribution in [0.25, 0.3) is 0 Å². The number of aliphatic hydroxyl groups excluding tert-OH is 2. The molecule has 1 saturated carbocycles. The zero-order chi connectivity index (χ0) is 6.69. The molecule has 0 aromatic heterocycles. The standard InChI is InChI=1S/C6H12O2/c7-5-1-2-6(8)4-3-5/h5-8H,1-4H2/i7D. The van der Waals surface area contributed by atoms with Crippen LogP contribution in [0.15, 0.2) is 0 Å². The Kier molecular flexibility index (Phi) is 1.47. The summed E-state index contributed by atoms with van der Waals surface area (Å²) in [6, 6.07) is 0. The van der Waals surface area contributed by atoms with Gasteiger partial charge >= 0.3 is 0 Å². The van der Waals surface area contributed by atoms with Gasteiger partial charge in [-0.05, 0) is 25.7 Å². The van der Waals surface area contributed by atoms with Crippen molar-refractivity contribution in [1.82, 2.24) is 0 Å². The van der Waals surface area contributed by atoms with E-state index in [0.29, 0.717) is 0 Å². The van der Waals surface area contributed by atoms with Crippen molar-refractivity contribution in [1.29, 1.82) is 1.43 Å². The fraction of sp³-hybridized carbons (Fsp3) is 1.00. The number of rotatable bonds is 1. The molecule has 0 unspecified atom stereocenters. The predicted octanol–water partition coefficient (Wildman–Crippen LogP) is 0.282. The first-order valence-electron chi connectivity index (χ1n) is 3.54. The van der Waals surface area contributed by atoms with E-state index in [9.17, 15) is 0 Å². The Labute approximate surface area is 50.6 Å². The van der Waals surface area contributed by atoms with Crippen LogP contribution in [0, 0.1) is 0 Å². The van der Waals surface area contributed by atoms with Gasteiger partial charge in [0.1, 0.15) is 0 Å². The Balaban J connectivity index is 2.18. The molecular weight excluding hydrogens is 104 g/mol. The van der Waals surface area contributed by atoms with Crippen molar-refractivity contribution >= 4 is 0 Å². The van der Waals surface area contributed by atoms with E-state index in [4.69, 9.17) is 6.54 Å². The predicted molar refractivity (Wildman–Crippen MR) is 30.5 cm³/mol. The molecule has 0 amide bonds. The van der Waals surface area contributed by atoms with Gasteiger partial charge in [-0.3, -0.25) is 0 Å². The van der Waals surface area contributed by atoms with Crippen LogP contribution in [0.5, 0.6) is 0 Å². The molecule has 0 aromatic carbocycles. The molecule has 0 atom stereocenters. The van der Waals surface area contributed by atoms with Gasteiger partial charge in [-0.25, -0.2) is 0 Å². The first-order valence-corrected chi connectivity index (χ1v) is 3.13. The fourth-order valence-electron chi connectivity index (χ4n) is 1.05. The average molecular weight is 117 g/mol. The van der Waals surface area contributed by atoms with Crippen LogP contribution in [-0.4, -0.2) is 23.9 Å². The molecular formula is C6H12O2. The molecule has 0 saturated heterocycles. The molecule has 8 heavy (non-hydrogen) atoms. The van der Waals surface area contributed by atoms with Gasteiger partial charge in [0.25, 0.3) is 0 Å². The van der Waals surface area contributed by atoms with E-state index >= 15 is 0 Å². The number of hydrogen-bond acceptors (Lipinski definition) is 2. The van der Waals surface area contributed by atoms with Crippen LogP contribution in [-0.2, 0) is 0 Å². The molecule has 2 N–H and O–H groups in total. The quantitative estimate of drug-likeness (QED) is 0.518. The highest BCUT2D eigenvalue weighted by atomic mass is 16.3. The van der Waals surface area contributed by atoms with E-state index in [1.165, 1.54) is 0 Å². The van der Waals surface area contributed by atoms with Gasteiger partial charge in [0, 0.05) is 0 Å². The summed E-state index contributed by atoms with van der Waals surface area (Å²) in [5.74, 6) is 0. The maximum Gasteiger partial charge on any atom is 0.210 e. The molecule has 0 heterocycles. The third kappa shape index (κ3) is 1.46. The summed E-state index contributed by atoms with van der Waals surface area (Å²) in [5.41, 5.74) is 0. The first-order chi connectivity index (χ1) is 4.33. The molecule has 0 bridgehead atoms. The van der Waals surface area contributed by atoms with Crippen LogP contribution in [0.1, 0.15) is 25.7 Å². The third-order valence-electron chi connectivity index (χ3n) is 1.64. The highest BCUT2D eigenvalue weighted by Crippen LogP contribution is 2.17. The maximum absolute atomic E-state index is 9.01. The lowest BCUT2D eigenvalue weighted by Crippen LogP contribution is -2.21. The minimum absolute atomic E-state index is 0.0772. The van der Waals surface area contributed by atoms with Crippen molar-refractivity contribution < 1.29 is 10.2 Å². The van der Waals surface area contributed by atoms with Crippen molar-refractivity contribution in [3.05, 3.63) is 0 Å². The van der Waals surface area contributed by atoms with E-state index in [1.807, 2.05) is 0 Å². The summed E-state index contributed by atoms with van der Waals surface area (Å²) in [6.07, 6.45) is 3.20. The average Bonchev–Trinajstić information content (AvgIpc) is 1.90. The molecule has 1 rings (SSSR count). The van der Waals surface area contributed by atoms with Crippen LogP contribution in [0.2, 0.25) is 0 Å². The van der Waals surface area contributed by atoms with Crippen molar-refractivity contribution in [3.8, 4) is 0 Å². The maximum atomic E-state index is 9.01. The van der Waals surface area contributed by atoms with E-state index in [1.54, 1.807) is 0 Å². The molecule has 48 valence electrons. The summed E-state index contributed by atoms with van der Waals surface area (Å²) < 4.78 is 6.58. The largest absolute Gasteiger partial charge is 0.393 e. The fourth-order valence-corrected chi connectivity index (χ4v) is 1.05. The summed E-state index contributed by atoms with van der Waals surface area (Å²) in [6.45, 7) is 0. The Hall–Kier alpha value is -0.0800. The van der Waals surface area contributed by atoms with Gasteiger partial charge in [0.15, 0.2) is 0 Å².